The number of carbonyl (C=O) groups is 2. The minimum Gasteiger partial charge on any atom is -0.357 e. The van der Waals surface area contributed by atoms with Gasteiger partial charge in [0.05, 0.1) is 6.04 Å². The smallest absolute Gasteiger partial charge is 0.242 e. The second kappa shape index (κ2) is 10.2. The molecule has 31 heavy (non-hydrogen) atoms. The summed E-state index contributed by atoms with van der Waals surface area (Å²) in [6.07, 6.45) is 0.270. The molecule has 3 atom stereocenters. The zero-order valence-corrected chi connectivity index (χ0v) is 18.0. The van der Waals surface area contributed by atoms with Crippen LogP contribution in [0.3, 0.4) is 0 Å². The summed E-state index contributed by atoms with van der Waals surface area (Å²) in [5.41, 5.74) is 1.79. The first-order valence-electron chi connectivity index (χ1n) is 10.3. The fourth-order valence-corrected chi connectivity index (χ4v) is 3.79. The molecule has 0 spiro atoms. The third kappa shape index (κ3) is 5.47. The van der Waals surface area contributed by atoms with Gasteiger partial charge in [0.15, 0.2) is 0 Å². The molecule has 0 aromatic heterocycles. The summed E-state index contributed by atoms with van der Waals surface area (Å²) in [4.78, 5) is 25.5. The maximum Gasteiger partial charge on any atom is 0.242 e. The van der Waals surface area contributed by atoms with E-state index in [9.17, 15) is 14.0 Å². The third-order valence-electron chi connectivity index (χ3n) is 5.63. The van der Waals surface area contributed by atoms with Crippen LogP contribution >= 0.6 is 0 Å². The molecule has 3 aromatic rings. The number of hydrogen-bond donors (Lipinski definition) is 3. The Labute approximate surface area is 182 Å². The van der Waals surface area contributed by atoms with Crippen LogP contribution in [0.25, 0.3) is 10.8 Å². The van der Waals surface area contributed by atoms with Gasteiger partial charge in [-0.25, -0.2) is 4.39 Å². The molecule has 0 saturated carbocycles. The number of carbonyl (C=O) groups excluding carboxylic acids is 2. The quantitative estimate of drug-likeness (QED) is 0.523. The van der Waals surface area contributed by atoms with Gasteiger partial charge in [0.2, 0.25) is 11.8 Å². The molecular weight excluding hydrogens is 393 g/mol. The molecule has 162 valence electrons. The molecule has 0 radical (unpaired) electrons. The molecule has 0 heterocycles. The Balaban J connectivity index is 1.77. The molecule has 0 saturated heterocycles. The highest BCUT2D eigenvalue weighted by Gasteiger charge is 2.29. The maximum absolute atomic E-state index is 13.2. The summed E-state index contributed by atoms with van der Waals surface area (Å²) in [6, 6.07) is 18.9. The van der Waals surface area contributed by atoms with Crippen molar-refractivity contribution in [1.29, 1.82) is 0 Å². The van der Waals surface area contributed by atoms with Crippen molar-refractivity contribution in [3.63, 3.8) is 0 Å². The van der Waals surface area contributed by atoms with E-state index in [1.165, 1.54) is 19.2 Å². The number of benzene rings is 3. The van der Waals surface area contributed by atoms with Crippen LogP contribution < -0.4 is 16.0 Å². The van der Waals surface area contributed by atoms with E-state index in [4.69, 9.17) is 0 Å². The number of rotatable bonds is 8. The van der Waals surface area contributed by atoms with E-state index < -0.39 is 12.1 Å². The summed E-state index contributed by atoms with van der Waals surface area (Å²) >= 11 is 0. The Bertz CT molecular complexity index is 1050. The average molecular weight is 422 g/mol. The van der Waals surface area contributed by atoms with Crippen molar-refractivity contribution in [2.24, 2.45) is 0 Å². The Kier molecular flexibility index (Phi) is 7.36. The van der Waals surface area contributed by atoms with Gasteiger partial charge in [-0.05, 0) is 41.1 Å². The predicted molar refractivity (Wildman–Crippen MR) is 121 cm³/mol. The highest BCUT2D eigenvalue weighted by molar-refractivity contribution is 5.90. The van der Waals surface area contributed by atoms with E-state index >= 15 is 0 Å². The van der Waals surface area contributed by atoms with Crippen LogP contribution in [-0.2, 0) is 16.0 Å². The molecule has 3 N–H and O–H groups in total. The lowest BCUT2D eigenvalue weighted by molar-refractivity contribution is -0.130. The SMILES string of the molecule is CNC(=O)C(Cc1ccc(F)cc1)NC(=O)C(NC)C(C)c1ccc2ccccc2c1. The molecular formula is C25H28FN3O2. The molecule has 0 fully saturated rings. The maximum atomic E-state index is 13.2. The molecule has 5 nitrogen and oxygen atoms in total. The number of halogens is 1. The molecule has 2 amide bonds. The molecule has 3 aromatic carbocycles. The predicted octanol–water partition coefficient (Wildman–Crippen LogP) is 3.14. The largest absolute Gasteiger partial charge is 0.357 e. The van der Waals surface area contributed by atoms with Crippen molar-refractivity contribution in [2.45, 2.75) is 31.3 Å². The first-order valence-corrected chi connectivity index (χ1v) is 10.3. The fourth-order valence-electron chi connectivity index (χ4n) is 3.79. The summed E-state index contributed by atoms with van der Waals surface area (Å²) in [5, 5.41) is 10.8. The molecule has 6 heteroatoms. The molecule has 3 unspecified atom stereocenters. The zero-order chi connectivity index (χ0) is 22.4. The van der Waals surface area contributed by atoms with Crippen molar-refractivity contribution in [3.8, 4) is 0 Å². The van der Waals surface area contributed by atoms with Crippen molar-refractivity contribution >= 4 is 22.6 Å². The lowest BCUT2D eigenvalue weighted by Crippen LogP contribution is -2.53. The normalized spacial score (nSPS) is 13.9. The van der Waals surface area contributed by atoms with Gasteiger partial charge in [0.25, 0.3) is 0 Å². The van der Waals surface area contributed by atoms with Crippen molar-refractivity contribution < 1.29 is 14.0 Å². The van der Waals surface area contributed by atoms with Gasteiger partial charge in [0, 0.05) is 19.4 Å². The topological polar surface area (TPSA) is 70.2 Å². The van der Waals surface area contributed by atoms with Gasteiger partial charge in [-0.3, -0.25) is 9.59 Å². The monoisotopic (exact) mass is 421 g/mol. The van der Waals surface area contributed by atoms with Crippen LogP contribution in [0.2, 0.25) is 0 Å². The first-order chi connectivity index (χ1) is 14.9. The van der Waals surface area contributed by atoms with Gasteiger partial charge < -0.3 is 16.0 Å². The van der Waals surface area contributed by atoms with Gasteiger partial charge in [-0.2, -0.15) is 0 Å². The lowest BCUT2D eigenvalue weighted by atomic mass is 9.90. The van der Waals surface area contributed by atoms with Gasteiger partial charge in [0.1, 0.15) is 11.9 Å². The Hall–Kier alpha value is -3.25. The van der Waals surface area contributed by atoms with Crippen LogP contribution in [-0.4, -0.2) is 38.0 Å². The second-order valence-corrected chi connectivity index (χ2v) is 7.67. The summed E-state index contributed by atoms with van der Waals surface area (Å²) in [6.45, 7) is 1.99. The fraction of sp³-hybridized carbons (Fsp3) is 0.280. The van der Waals surface area contributed by atoms with Gasteiger partial charge >= 0.3 is 0 Å². The van der Waals surface area contributed by atoms with Crippen LogP contribution in [0.1, 0.15) is 24.0 Å². The van der Waals surface area contributed by atoms with E-state index in [2.05, 4.69) is 28.1 Å². The lowest BCUT2D eigenvalue weighted by Gasteiger charge is -2.26. The Morgan fingerprint density at radius 2 is 1.58 bits per heavy atom. The minimum atomic E-state index is -0.761. The van der Waals surface area contributed by atoms with E-state index in [1.54, 1.807) is 19.2 Å². The van der Waals surface area contributed by atoms with Crippen LogP contribution in [0, 0.1) is 5.82 Å². The molecule has 0 aliphatic heterocycles. The van der Waals surface area contributed by atoms with E-state index in [-0.39, 0.29) is 30.0 Å². The standard InChI is InChI=1S/C25H28FN3O2/c1-16(19-11-10-18-6-4-5-7-20(18)15-19)23(27-2)25(31)29-22(24(30)28-3)14-17-8-12-21(26)13-9-17/h4-13,15-16,22-23,27H,14H2,1-3H3,(H,28,30)(H,29,31). The van der Waals surface area contributed by atoms with Crippen molar-refractivity contribution in [1.82, 2.24) is 16.0 Å². The van der Waals surface area contributed by atoms with Gasteiger partial charge in [-0.15, -0.1) is 0 Å². The number of likely N-dealkylation sites (N-methyl/N-ethyl adjacent to an activating group) is 2. The summed E-state index contributed by atoms with van der Waals surface area (Å²) in [5.74, 6) is -1.03. The highest BCUT2D eigenvalue weighted by atomic mass is 19.1. The van der Waals surface area contributed by atoms with Crippen LogP contribution in [0.15, 0.2) is 66.7 Å². The first kappa shape index (κ1) is 22.4. The van der Waals surface area contributed by atoms with Gasteiger partial charge in [-0.1, -0.05) is 61.5 Å². The van der Waals surface area contributed by atoms with Crippen LogP contribution in [0.4, 0.5) is 4.39 Å². The number of fused-ring (bicyclic) bond motifs is 1. The molecule has 3 rings (SSSR count). The van der Waals surface area contributed by atoms with Crippen molar-refractivity contribution in [2.75, 3.05) is 14.1 Å². The second-order valence-electron chi connectivity index (χ2n) is 7.67. The van der Waals surface area contributed by atoms with E-state index in [1.807, 2.05) is 37.3 Å². The van der Waals surface area contributed by atoms with Crippen LogP contribution in [0.5, 0.6) is 0 Å². The zero-order valence-electron chi connectivity index (χ0n) is 18.0. The molecule has 0 bridgehead atoms. The minimum absolute atomic E-state index is 0.120. The average Bonchev–Trinajstić information content (AvgIpc) is 2.79. The van der Waals surface area contributed by atoms with E-state index in [0.29, 0.717) is 0 Å². The van der Waals surface area contributed by atoms with Crippen molar-refractivity contribution in [3.05, 3.63) is 83.7 Å². The number of amides is 2. The number of nitrogens with one attached hydrogen (secondary N) is 3. The highest BCUT2D eigenvalue weighted by Crippen LogP contribution is 2.24. The number of hydrogen-bond acceptors (Lipinski definition) is 3. The third-order valence-corrected chi connectivity index (χ3v) is 5.63. The summed E-state index contributed by atoms with van der Waals surface area (Å²) < 4.78 is 13.2. The Morgan fingerprint density at radius 3 is 2.23 bits per heavy atom. The molecule has 0 aliphatic carbocycles. The van der Waals surface area contributed by atoms with E-state index in [0.717, 1.165) is 21.9 Å². The summed E-state index contributed by atoms with van der Waals surface area (Å²) in [7, 11) is 3.26. The molecule has 0 aliphatic rings. The Morgan fingerprint density at radius 1 is 0.903 bits per heavy atom.